The summed E-state index contributed by atoms with van der Waals surface area (Å²) in [5.74, 6) is -5.83. The van der Waals surface area contributed by atoms with Gasteiger partial charge in [0.15, 0.2) is 0 Å². The van der Waals surface area contributed by atoms with E-state index in [9.17, 15) is 24.6 Å². The monoisotopic (exact) mass is 509 g/mol. The molecule has 7 heteroatoms. The van der Waals surface area contributed by atoms with Crippen molar-refractivity contribution >= 4 is 17.7 Å². The topological polar surface area (TPSA) is 104 Å². The normalized spacial score (nSPS) is 27.6. The third kappa shape index (κ3) is 10.2. The van der Waals surface area contributed by atoms with Crippen LogP contribution in [0.25, 0.3) is 0 Å². The van der Waals surface area contributed by atoms with Gasteiger partial charge >= 0.3 is 11.8 Å². The number of ketones is 1. The van der Waals surface area contributed by atoms with Crippen LogP contribution in [0.3, 0.4) is 0 Å². The van der Waals surface area contributed by atoms with Crippen LogP contribution < -0.4 is 0 Å². The second-order valence-electron chi connectivity index (χ2n) is 9.13. The van der Waals surface area contributed by atoms with Crippen molar-refractivity contribution in [3.05, 3.63) is 23.8 Å². The van der Waals surface area contributed by atoms with Crippen molar-refractivity contribution < 1.29 is 29.3 Å². The quantitative estimate of drug-likeness (QED) is 0.437. The standard InChI is InChI=1S/C15H23NO6.C10H16.2C2H6/c1-9-6-7-10(2)22-15(21,12(9)17)14(20)16-8-4-3-5-11(16)13(18)19;1-2-3-7-10-8-5-4-6-9-10;2*1-2/h9-11,21H,3-8H2,1-2H3,(H,18,19);5,8-9H,2-4,6-7H2,1H3;2*1-2H3. The molecule has 2 saturated heterocycles. The van der Waals surface area contributed by atoms with Gasteiger partial charge in [0.25, 0.3) is 5.91 Å². The van der Waals surface area contributed by atoms with Gasteiger partial charge in [0.05, 0.1) is 6.10 Å². The van der Waals surface area contributed by atoms with E-state index in [2.05, 4.69) is 25.2 Å². The fourth-order valence-electron chi connectivity index (χ4n) is 4.37. The van der Waals surface area contributed by atoms with Crippen molar-refractivity contribution in [3.63, 3.8) is 0 Å². The summed E-state index contributed by atoms with van der Waals surface area (Å²) in [6.45, 7) is 13.8. The summed E-state index contributed by atoms with van der Waals surface area (Å²) in [6.07, 6.45) is 15.7. The largest absolute Gasteiger partial charge is 0.480 e. The average molecular weight is 510 g/mol. The number of rotatable bonds is 5. The maximum absolute atomic E-state index is 12.7. The highest BCUT2D eigenvalue weighted by molar-refractivity contribution is 6.09. The molecule has 3 aliphatic rings. The van der Waals surface area contributed by atoms with Crippen molar-refractivity contribution in [1.29, 1.82) is 0 Å². The van der Waals surface area contributed by atoms with Crippen LogP contribution in [0.4, 0.5) is 0 Å². The summed E-state index contributed by atoms with van der Waals surface area (Å²) in [7, 11) is 0. The van der Waals surface area contributed by atoms with E-state index in [0.29, 0.717) is 32.1 Å². The Balaban J connectivity index is 0.000000730. The van der Waals surface area contributed by atoms with Crippen molar-refractivity contribution in [2.75, 3.05) is 6.54 Å². The molecular formula is C29H51NO6. The van der Waals surface area contributed by atoms with E-state index in [0.717, 1.165) is 4.90 Å². The number of aliphatic carboxylic acids is 1. The molecule has 3 rings (SSSR count). The molecule has 0 aromatic rings. The van der Waals surface area contributed by atoms with E-state index in [1.807, 2.05) is 27.7 Å². The first-order chi connectivity index (χ1) is 17.2. The highest BCUT2D eigenvalue weighted by atomic mass is 16.6. The van der Waals surface area contributed by atoms with Gasteiger partial charge in [-0.25, -0.2) is 4.79 Å². The van der Waals surface area contributed by atoms with E-state index in [4.69, 9.17) is 4.74 Å². The van der Waals surface area contributed by atoms with Gasteiger partial charge in [0.1, 0.15) is 6.04 Å². The third-order valence-corrected chi connectivity index (χ3v) is 6.39. The lowest BCUT2D eigenvalue weighted by Crippen LogP contribution is -2.61. The Labute approximate surface area is 219 Å². The summed E-state index contributed by atoms with van der Waals surface area (Å²) in [5.41, 5.74) is 1.55. The SMILES string of the molecule is CC.CC.CC1CCC(C)C(=O)C(O)(C(=O)N2CCCCC2C(=O)O)O1.CCCCC1=CCCC=C1. The summed E-state index contributed by atoms with van der Waals surface area (Å²) in [6, 6.07) is -1.02. The van der Waals surface area contributed by atoms with Crippen molar-refractivity contribution in [1.82, 2.24) is 4.90 Å². The maximum atomic E-state index is 12.7. The number of carbonyl (C=O) groups is 3. The van der Waals surface area contributed by atoms with Gasteiger partial charge in [-0.1, -0.05) is 71.8 Å². The Morgan fingerprint density at radius 3 is 2.31 bits per heavy atom. The molecule has 2 N–H and O–H groups in total. The number of carboxylic acids is 1. The Hall–Kier alpha value is -1.99. The zero-order valence-corrected chi connectivity index (χ0v) is 23.7. The molecule has 1 amide bonds. The molecular weight excluding hydrogens is 458 g/mol. The number of allylic oxidation sites excluding steroid dienone is 4. The van der Waals surface area contributed by atoms with Crippen LogP contribution in [0.2, 0.25) is 0 Å². The van der Waals surface area contributed by atoms with Gasteiger partial charge < -0.3 is 19.8 Å². The number of carbonyl (C=O) groups excluding carboxylic acids is 2. The molecule has 1 aliphatic carbocycles. The molecule has 36 heavy (non-hydrogen) atoms. The molecule has 2 heterocycles. The Kier molecular flexibility index (Phi) is 17.3. The number of amides is 1. The van der Waals surface area contributed by atoms with E-state index in [-0.39, 0.29) is 6.54 Å². The number of aliphatic hydroxyl groups is 1. The van der Waals surface area contributed by atoms with Gasteiger partial charge in [0.2, 0.25) is 5.78 Å². The fraction of sp³-hybridized carbons (Fsp3) is 0.759. The molecule has 0 bridgehead atoms. The highest BCUT2D eigenvalue weighted by Gasteiger charge is 2.53. The zero-order valence-electron chi connectivity index (χ0n) is 23.7. The van der Waals surface area contributed by atoms with Gasteiger partial charge in [-0.15, -0.1) is 0 Å². The van der Waals surface area contributed by atoms with Gasteiger partial charge in [-0.05, 0) is 64.7 Å². The minimum Gasteiger partial charge on any atom is -0.480 e. The number of ether oxygens (including phenoxy) is 1. The molecule has 4 atom stereocenters. The number of hydrogen-bond donors (Lipinski definition) is 2. The van der Waals surface area contributed by atoms with Crippen LogP contribution in [0.5, 0.6) is 0 Å². The maximum Gasteiger partial charge on any atom is 0.326 e. The minimum atomic E-state index is -2.57. The number of unbranched alkanes of at least 4 members (excludes halogenated alkanes) is 1. The number of hydrogen-bond acceptors (Lipinski definition) is 5. The molecule has 7 nitrogen and oxygen atoms in total. The zero-order chi connectivity index (χ0) is 27.7. The Morgan fingerprint density at radius 2 is 1.75 bits per heavy atom. The summed E-state index contributed by atoms with van der Waals surface area (Å²) in [5, 5.41) is 19.9. The van der Waals surface area contributed by atoms with E-state index >= 15 is 0 Å². The molecule has 0 saturated carbocycles. The molecule has 0 aromatic carbocycles. The predicted molar refractivity (Wildman–Crippen MR) is 145 cm³/mol. The molecule has 0 radical (unpaired) electrons. The molecule has 208 valence electrons. The summed E-state index contributed by atoms with van der Waals surface area (Å²) >= 11 is 0. The number of carboxylic acid groups (broad SMARTS) is 1. The molecule has 0 spiro atoms. The summed E-state index contributed by atoms with van der Waals surface area (Å²) < 4.78 is 5.35. The Morgan fingerprint density at radius 1 is 1.08 bits per heavy atom. The second-order valence-corrected chi connectivity index (χ2v) is 9.13. The number of nitrogens with zero attached hydrogens (tertiary/aromatic N) is 1. The third-order valence-electron chi connectivity index (χ3n) is 6.39. The minimum absolute atomic E-state index is 0.206. The van der Waals surface area contributed by atoms with E-state index in [1.54, 1.807) is 19.4 Å². The molecule has 2 fully saturated rings. The van der Waals surface area contributed by atoms with Crippen LogP contribution in [-0.2, 0) is 19.1 Å². The van der Waals surface area contributed by atoms with Gasteiger partial charge in [0, 0.05) is 12.5 Å². The van der Waals surface area contributed by atoms with Gasteiger partial charge in [-0.2, -0.15) is 0 Å². The smallest absolute Gasteiger partial charge is 0.326 e. The van der Waals surface area contributed by atoms with Crippen LogP contribution in [0.1, 0.15) is 113 Å². The average Bonchev–Trinajstić information content (AvgIpc) is 3.02. The van der Waals surface area contributed by atoms with E-state index < -0.39 is 41.5 Å². The Bertz CT molecular complexity index is 731. The molecule has 2 aliphatic heterocycles. The predicted octanol–water partition coefficient (Wildman–Crippen LogP) is 6.05. The number of Topliss-reactive ketones (excluding diaryl/α,β-unsaturated/α-hetero) is 1. The van der Waals surface area contributed by atoms with Gasteiger partial charge in [-0.3, -0.25) is 9.59 Å². The van der Waals surface area contributed by atoms with Crippen LogP contribution in [0.15, 0.2) is 23.8 Å². The lowest BCUT2D eigenvalue weighted by Gasteiger charge is -2.38. The number of likely N-dealkylation sites (tertiary alicyclic amines) is 1. The van der Waals surface area contributed by atoms with Crippen molar-refractivity contribution in [2.24, 2.45) is 5.92 Å². The highest BCUT2D eigenvalue weighted by Crippen LogP contribution is 2.30. The fourth-order valence-corrected chi connectivity index (χ4v) is 4.37. The van der Waals surface area contributed by atoms with Crippen molar-refractivity contribution in [3.8, 4) is 0 Å². The lowest BCUT2D eigenvalue weighted by atomic mass is 9.93. The van der Waals surface area contributed by atoms with Crippen LogP contribution >= 0.6 is 0 Å². The van der Waals surface area contributed by atoms with E-state index in [1.165, 1.54) is 32.1 Å². The first-order valence-corrected chi connectivity index (χ1v) is 14.0. The van der Waals surface area contributed by atoms with Crippen LogP contribution in [0, 0.1) is 5.92 Å². The first kappa shape index (κ1) is 34.0. The summed E-state index contributed by atoms with van der Waals surface area (Å²) in [4.78, 5) is 37.5. The second kappa shape index (κ2) is 18.3. The first-order valence-electron chi connectivity index (χ1n) is 14.0. The number of piperidine rings is 1. The van der Waals surface area contributed by atoms with Crippen molar-refractivity contribution in [2.45, 2.75) is 131 Å². The lowest BCUT2D eigenvalue weighted by molar-refractivity contribution is -0.227. The van der Waals surface area contributed by atoms with Crippen LogP contribution in [-0.4, -0.2) is 57.3 Å². The molecule has 0 aromatic heterocycles. The molecule has 4 unspecified atom stereocenters.